The van der Waals surface area contributed by atoms with Crippen LogP contribution in [0.15, 0.2) is 4.99 Å². The maximum Gasteiger partial charge on any atom is 0.0473 e. The van der Waals surface area contributed by atoms with Crippen molar-refractivity contribution in [2.24, 2.45) is 16.8 Å². The second-order valence-corrected chi connectivity index (χ2v) is 4.38. The summed E-state index contributed by atoms with van der Waals surface area (Å²) in [6, 6.07) is 0.493. The van der Waals surface area contributed by atoms with Gasteiger partial charge in [0.15, 0.2) is 0 Å². The molecule has 0 aliphatic rings. The van der Waals surface area contributed by atoms with E-state index in [9.17, 15) is 0 Å². The van der Waals surface area contributed by atoms with E-state index in [0.29, 0.717) is 6.04 Å². The summed E-state index contributed by atoms with van der Waals surface area (Å²) in [6.07, 6.45) is 1.21. The van der Waals surface area contributed by atoms with Gasteiger partial charge in [-0.1, -0.05) is 20.8 Å². The fraction of sp³-hybridized carbons (Fsp3) is 0.909. The normalized spacial score (nSPS) is 15.9. The van der Waals surface area contributed by atoms with Crippen LogP contribution in [0.4, 0.5) is 0 Å². The van der Waals surface area contributed by atoms with Gasteiger partial charge in [0.1, 0.15) is 0 Å². The van der Waals surface area contributed by atoms with Crippen LogP contribution < -0.4 is 0 Å². The van der Waals surface area contributed by atoms with Crippen LogP contribution in [-0.2, 0) is 0 Å². The predicted molar refractivity (Wildman–Crippen MR) is 56.9 cm³/mol. The first kappa shape index (κ1) is 11.7. The Hall–Kier alpha value is -0.330. The lowest BCUT2D eigenvalue weighted by molar-refractivity contribution is 0.369. The standard InChI is InChI=1S/C11H23N/c1-8(2)10(5)7-11(6)12-9(3)4/h8,10-11H,7H2,1-6H3. The van der Waals surface area contributed by atoms with Crippen molar-refractivity contribution in [1.82, 2.24) is 0 Å². The first-order chi connectivity index (χ1) is 5.43. The van der Waals surface area contributed by atoms with E-state index in [2.05, 4.69) is 46.5 Å². The molecule has 0 aliphatic heterocycles. The molecule has 12 heavy (non-hydrogen) atoms. The summed E-state index contributed by atoms with van der Waals surface area (Å²) in [5, 5.41) is 0. The summed E-state index contributed by atoms with van der Waals surface area (Å²) in [5.74, 6) is 1.56. The summed E-state index contributed by atoms with van der Waals surface area (Å²) in [6.45, 7) is 13.2. The summed E-state index contributed by atoms with van der Waals surface area (Å²) >= 11 is 0. The highest BCUT2D eigenvalue weighted by atomic mass is 14.8. The van der Waals surface area contributed by atoms with Crippen LogP contribution in [0.5, 0.6) is 0 Å². The Morgan fingerprint density at radius 1 is 1.08 bits per heavy atom. The van der Waals surface area contributed by atoms with Crippen LogP contribution in [0.25, 0.3) is 0 Å². The maximum absolute atomic E-state index is 4.52. The first-order valence-electron chi connectivity index (χ1n) is 4.94. The molecule has 0 rings (SSSR count). The molecule has 0 aliphatic carbocycles. The van der Waals surface area contributed by atoms with Gasteiger partial charge in [-0.05, 0) is 39.0 Å². The molecule has 0 aromatic rings. The molecule has 0 saturated heterocycles. The Morgan fingerprint density at radius 3 is 1.92 bits per heavy atom. The lowest BCUT2D eigenvalue weighted by atomic mass is 9.92. The van der Waals surface area contributed by atoms with Crippen molar-refractivity contribution in [3.8, 4) is 0 Å². The van der Waals surface area contributed by atoms with Gasteiger partial charge in [-0.2, -0.15) is 0 Å². The molecule has 2 unspecified atom stereocenters. The minimum atomic E-state index is 0.493. The number of aliphatic imine (C=N–C) groups is 1. The van der Waals surface area contributed by atoms with Crippen LogP contribution in [0.3, 0.4) is 0 Å². The van der Waals surface area contributed by atoms with Gasteiger partial charge in [-0.3, -0.25) is 4.99 Å². The zero-order chi connectivity index (χ0) is 9.72. The van der Waals surface area contributed by atoms with Crippen molar-refractivity contribution in [3.05, 3.63) is 0 Å². The van der Waals surface area contributed by atoms with Crippen molar-refractivity contribution in [1.29, 1.82) is 0 Å². The third-order valence-corrected chi connectivity index (χ3v) is 2.33. The average molecular weight is 169 g/mol. The highest BCUT2D eigenvalue weighted by Gasteiger charge is 2.10. The van der Waals surface area contributed by atoms with Gasteiger partial charge >= 0.3 is 0 Å². The Kier molecular flexibility index (Phi) is 5.19. The van der Waals surface area contributed by atoms with Crippen molar-refractivity contribution in [2.75, 3.05) is 0 Å². The second kappa shape index (κ2) is 5.34. The van der Waals surface area contributed by atoms with Crippen LogP contribution >= 0.6 is 0 Å². The van der Waals surface area contributed by atoms with Crippen LogP contribution in [0, 0.1) is 11.8 Å². The molecule has 0 fully saturated rings. The quantitative estimate of drug-likeness (QED) is 0.571. The van der Waals surface area contributed by atoms with E-state index in [1.165, 1.54) is 12.1 Å². The van der Waals surface area contributed by atoms with E-state index in [1.807, 2.05) is 0 Å². The number of hydrogen-bond donors (Lipinski definition) is 0. The summed E-state index contributed by atoms with van der Waals surface area (Å²) in [4.78, 5) is 4.52. The molecule has 1 nitrogen and oxygen atoms in total. The Bertz CT molecular complexity index is 143. The SMILES string of the molecule is CC(C)=NC(C)CC(C)C(C)C. The smallest absolute Gasteiger partial charge is 0.0473 e. The molecule has 0 radical (unpaired) electrons. The topological polar surface area (TPSA) is 12.4 Å². The Labute approximate surface area is 77.3 Å². The molecule has 1 heteroatoms. The Balaban J connectivity index is 3.84. The molecule has 0 amide bonds. The Morgan fingerprint density at radius 2 is 1.58 bits per heavy atom. The van der Waals surface area contributed by atoms with Crippen LogP contribution in [0.2, 0.25) is 0 Å². The maximum atomic E-state index is 4.52. The van der Waals surface area contributed by atoms with Crippen LogP contribution in [-0.4, -0.2) is 11.8 Å². The molecule has 0 aromatic heterocycles. The zero-order valence-corrected chi connectivity index (χ0v) is 9.39. The number of nitrogens with zero attached hydrogens (tertiary/aromatic N) is 1. The van der Waals surface area contributed by atoms with Gasteiger partial charge in [0.05, 0.1) is 0 Å². The largest absolute Gasteiger partial charge is 0.292 e. The highest BCUT2D eigenvalue weighted by Crippen LogP contribution is 2.17. The van der Waals surface area contributed by atoms with Crippen molar-refractivity contribution in [3.63, 3.8) is 0 Å². The molecular weight excluding hydrogens is 146 g/mol. The van der Waals surface area contributed by atoms with Gasteiger partial charge in [0.2, 0.25) is 0 Å². The fourth-order valence-electron chi connectivity index (χ4n) is 1.30. The molecule has 0 aromatic carbocycles. The summed E-state index contributed by atoms with van der Waals surface area (Å²) < 4.78 is 0. The summed E-state index contributed by atoms with van der Waals surface area (Å²) in [7, 11) is 0. The molecule has 0 heterocycles. The van der Waals surface area contributed by atoms with Gasteiger partial charge in [-0.25, -0.2) is 0 Å². The third kappa shape index (κ3) is 5.34. The van der Waals surface area contributed by atoms with Gasteiger partial charge in [-0.15, -0.1) is 0 Å². The molecule has 0 spiro atoms. The molecule has 0 saturated carbocycles. The lowest BCUT2D eigenvalue weighted by Gasteiger charge is -2.17. The lowest BCUT2D eigenvalue weighted by Crippen LogP contribution is -2.12. The molecule has 2 atom stereocenters. The van der Waals surface area contributed by atoms with E-state index in [4.69, 9.17) is 0 Å². The fourth-order valence-corrected chi connectivity index (χ4v) is 1.30. The molecular formula is C11H23N. The second-order valence-electron chi connectivity index (χ2n) is 4.38. The predicted octanol–water partition coefficient (Wildman–Crippen LogP) is 3.54. The van der Waals surface area contributed by atoms with E-state index in [1.54, 1.807) is 0 Å². The highest BCUT2D eigenvalue weighted by molar-refractivity contribution is 5.79. The number of rotatable bonds is 4. The first-order valence-corrected chi connectivity index (χ1v) is 4.94. The monoisotopic (exact) mass is 169 g/mol. The van der Waals surface area contributed by atoms with Gasteiger partial charge in [0.25, 0.3) is 0 Å². The average Bonchev–Trinajstić information content (AvgIpc) is 1.84. The summed E-state index contributed by atoms with van der Waals surface area (Å²) in [5.41, 5.74) is 1.19. The third-order valence-electron chi connectivity index (χ3n) is 2.33. The minimum absolute atomic E-state index is 0.493. The molecule has 0 N–H and O–H groups in total. The minimum Gasteiger partial charge on any atom is -0.292 e. The van der Waals surface area contributed by atoms with E-state index < -0.39 is 0 Å². The van der Waals surface area contributed by atoms with E-state index in [-0.39, 0.29) is 0 Å². The van der Waals surface area contributed by atoms with E-state index in [0.717, 1.165) is 11.8 Å². The van der Waals surface area contributed by atoms with Gasteiger partial charge < -0.3 is 0 Å². The van der Waals surface area contributed by atoms with Crippen molar-refractivity contribution >= 4 is 5.71 Å². The van der Waals surface area contributed by atoms with Crippen molar-refractivity contribution < 1.29 is 0 Å². The van der Waals surface area contributed by atoms with Gasteiger partial charge in [0, 0.05) is 11.8 Å². The molecule has 72 valence electrons. The molecule has 0 bridgehead atoms. The number of hydrogen-bond acceptors (Lipinski definition) is 1. The van der Waals surface area contributed by atoms with E-state index >= 15 is 0 Å². The van der Waals surface area contributed by atoms with Crippen molar-refractivity contribution in [2.45, 2.75) is 54.0 Å². The van der Waals surface area contributed by atoms with Crippen LogP contribution in [0.1, 0.15) is 48.0 Å². The zero-order valence-electron chi connectivity index (χ0n) is 9.39.